The molecule has 0 aliphatic carbocycles. The number of hydrogen-bond donors (Lipinski definition) is 0. The minimum Gasteiger partial charge on any atom is -0.307 e. The van der Waals surface area contributed by atoms with Gasteiger partial charge in [0.25, 0.3) is 0 Å². The van der Waals surface area contributed by atoms with Crippen LogP contribution in [0.4, 0.5) is 0 Å². The number of pyridine rings is 1. The van der Waals surface area contributed by atoms with Crippen LogP contribution in [0.1, 0.15) is 11.3 Å². The van der Waals surface area contributed by atoms with E-state index < -0.39 is 0 Å². The average molecular weight is 222 g/mol. The largest absolute Gasteiger partial charge is 0.307 e. The van der Waals surface area contributed by atoms with E-state index in [0.717, 1.165) is 24.2 Å². The molecule has 0 bridgehead atoms. The smallest absolute Gasteiger partial charge is 0.136 e. The van der Waals surface area contributed by atoms with Crippen LogP contribution >= 0.6 is 0 Å². The Hall–Kier alpha value is -2.09. The average Bonchev–Trinajstić information content (AvgIpc) is 2.80. The van der Waals surface area contributed by atoms with Crippen LogP contribution in [0.3, 0.4) is 0 Å². The first-order valence-electron chi connectivity index (χ1n) is 5.88. The number of benzene rings is 1. The predicted molar refractivity (Wildman–Crippen MR) is 69.0 cm³/mol. The third-order valence-corrected chi connectivity index (χ3v) is 2.93. The molecule has 17 heavy (non-hydrogen) atoms. The molecule has 3 rings (SSSR count). The minimum absolute atomic E-state index is 0.992. The van der Waals surface area contributed by atoms with Gasteiger partial charge in [0.15, 0.2) is 0 Å². The molecule has 3 aromatic rings. The van der Waals surface area contributed by atoms with Crippen molar-refractivity contribution in [1.82, 2.24) is 9.38 Å². The van der Waals surface area contributed by atoms with E-state index in [1.165, 1.54) is 5.56 Å². The summed E-state index contributed by atoms with van der Waals surface area (Å²) in [4.78, 5) is 4.59. The van der Waals surface area contributed by atoms with Crippen LogP contribution in [-0.4, -0.2) is 9.38 Å². The van der Waals surface area contributed by atoms with E-state index in [-0.39, 0.29) is 0 Å². The Balaban J connectivity index is 1.77. The van der Waals surface area contributed by atoms with Gasteiger partial charge in [0, 0.05) is 12.4 Å². The summed E-state index contributed by atoms with van der Waals surface area (Å²) < 4.78 is 2.07. The van der Waals surface area contributed by atoms with E-state index in [1.54, 1.807) is 0 Å². The van der Waals surface area contributed by atoms with Crippen LogP contribution in [0.2, 0.25) is 0 Å². The molecule has 2 aromatic heterocycles. The lowest BCUT2D eigenvalue weighted by Gasteiger charge is -1.97. The first-order chi connectivity index (χ1) is 8.42. The number of fused-ring (bicyclic) bond motifs is 1. The van der Waals surface area contributed by atoms with Crippen molar-refractivity contribution < 1.29 is 0 Å². The van der Waals surface area contributed by atoms with E-state index >= 15 is 0 Å². The molecule has 2 nitrogen and oxygen atoms in total. The van der Waals surface area contributed by atoms with Gasteiger partial charge in [0.05, 0.1) is 5.69 Å². The van der Waals surface area contributed by atoms with Crippen molar-refractivity contribution in [2.75, 3.05) is 0 Å². The maximum absolute atomic E-state index is 4.59. The second-order valence-electron chi connectivity index (χ2n) is 4.18. The lowest BCUT2D eigenvalue weighted by atomic mass is 10.1. The third-order valence-electron chi connectivity index (χ3n) is 2.93. The van der Waals surface area contributed by atoms with E-state index in [1.807, 2.05) is 24.4 Å². The molecular formula is C15H14N2. The zero-order valence-corrected chi connectivity index (χ0v) is 9.58. The number of imidazole rings is 1. The summed E-state index contributed by atoms with van der Waals surface area (Å²) in [6, 6.07) is 16.6. The summed E-state index contributed by atoms with van der Waals surface area (Å²) in [5, 5.41) is 0. The fraction of sp³-hybridized carbons (Fsp3) is 0.133. The van der Waals surface area contributed by atoms with E-state index in [0.29, 0.717) is 0 Å². The number of rotatable bonds is 3. The molecule has 0 amide bonds. The Labute approximate surface area is 101 Å². The Bertz CT molecular complexity index is 578. The summed E-state index contributed by atoms with van der Waals surface area (Å²) in [5.74, 6) is 0. The van der Waals surface area contributed by atoms with Crippen molar-refractivity contribution >= 4 is 5.65 Å². The van der Waals surface area contributed by atoms with Gasteiger partial charge in [0.2, 0.25) is 0 Å². The summed E-state index contributed by atoms with van der Waals surface area (Å²) in [6.07, 6.45) is 6.18. The number of aryl methyl sites for hydroxylation is 2. The molecule has 0 aliphatic rings. The monoisotopic (exact) mass is 222 g/mol. The van der Waals surface area contributed by atoms with Crippen LogP contribution in [0.5, 0.6) is 0 Å². The molecule has 0 spiro atoms. The molecule has 2 heteroatoms. The summed E-state index contributed by atoms with van der Waals surface area (Å²) in [6.45, 7) is 0. The quantitative estimate of drug-likeness (QED) is 0.665. The molecule has 0 atom stereocenters. The molecule has 0 saturated carbocycles. The SMILES string of the molecule is c1ccc(CCc2cn3ccccc3n2)cc1. The van der Waals surface area contributed by atoms with Gasteiger partial charge in [-0.05, 0) is 30.5 Å². The zero-order valence-electron chi connectivity index (χ0n) is 9.58. The molecular weight excluding hydrogens is 208 g/mol. The van der Waals surface area contributed by atoms with Crippen molar-refractivity contribution in [3.63, 3.8) is 0 Å². The van der Waals surface area contributed by atoms with Gasteiger partial charge in [-0.3, -0.25) is 0 Å². The molecule has 0 saturated heterocycles. The maximum atomic E-state index is 4.59. The van der Waals surface area contributed by atoms with E-state index in [4.69, 9.17) is 0 Å². The molecule has 1 aromatic carbocycles. The van der Waals surface area contributed by atoms with Gasteiger partial charge in [-0.2, -0.15) is 0 Å². The normalized spacial score (nSPS) is 10.8. The highest BCUT2D eigenvalue weighted by Gasteiger charge is 2.01. The second-order valence-corrected chi connectivity index (χ2v) is 4.18. The molecule has 0 aliphatic heterocycles. The lowest BCUT2D eigenvalue weighted by molar-refractivity contribution is 0.927. The van der Waals surface area contributed by atoms with Gasteiger partial charge >= 0.3 is 0 Å². The van der Waals surface area contributed by atoms with Crippen molar-refractivity contribution in [1.29, 1.82) is 0 Å². The van der Waals surface area contributed by atoms with Gasteiger partial charge < -0.3 is 4.40 Å². The first kappa shape index (κ1) is 10.1. The van der Waals surface area contributed by atoms with E-state index in [2.05, 4.69) is 45.9 Å². The topological polar surface area (TPSA) is 17.3 Å². The van der Waals surface area contributed by atoms with Crippen molar-refractivity contribution in [3.8, 4) is 0 Å². The van der Waals surface area contributed by atoms with Crippen LogP contribution in [0.15, 0.2) is 60.9 Å². The molecule has 0 fully saturated rings. The summed E-state index contributed by atoms with van der Waals surface area (Å²) in [7, 11) is 0. The Morgan fingerprint density at radius 1 is 0.882 bits per heavy atom. The number of nitrogens with zero attached hydrogens (tertiary/aromatic N) is 2. The lowest BCUT2D eigenvalue weighted by Crippen LogP contribution is -1.90. The molecule has 84 valence electrons. The number of hydrogen-bond acceptors (Lipinski definition) is 1. The molecule has 2 heterocycles. The third kappa shape index (κ3) is 2.21. The van der Waals surface area contributed by atoms with Crippen molar-refractivity contribution in [2.45, 2.75) is 12.8 Å². The molecule has 0 N–H and O–H groups in total. The van der Waals surface area contributed by atoms with Crippen LogP contribution < -0.4 is 0 Å². The highest BCUT2D eigenvalue weighted by molar-refractivity contribution is 5.39. The fourth-order valence-corrected chi connectivity index (χ4v) is 2.02. The fourth-order valence-electron chi connectivity index (χ4n) is 2.02. The van der Waals surface area contributed by atoms with Gasteiger partial charge in [0.1, 0.15) is 5.65 Å². The van der Waals surface area contributed by atoms with Gasteiger partial charge in [-0.15, -0.1) is 0 Å². The molecule has 0 unspecified atom stereocenters. The predicted octanol–water partition coefficient (Wildman–Crippen LogP) is 3.12. The highest BCUT2D eigenvalue weighted by Crippen LogP contribution is 2.08. The van der Waals surface area contributed by atoms with Gasteiger partial charge in [-0.25, -0.2) is 4.98 Å². The number of aromatic nitrogens is 2. The zero-order chi connectivity index (χ0) is 11.5. The van der Waals surface area contributed by atoms with Crippen LogP contribution in [0, 0.1) is 0 Å². The first-order valence-corrected chi connectivity index (χ1v) is 5.88. The Morgan fingerprint density at radius 2 is 1.71 bits per heavy atom. The van der Waals surface area contributed by atoms with Crippen LogP contribution in [-0.2, 0) is 12.8 Å². The Morgan fingerprint density at radius 3 is 2.53 bits per heavy atom. The van der Waals surface area contributed by atoms with Crippen molar-refractivity contribution in [3.05, 3.63) is 72.2 Å². The van der Waals surface area contributed by atoms with Gasteiger partial charge in [-0.1, -0.05) is 36.4 Å². The standard InChI is InChI=1S/C15H14N2/c1-2-6-13(7-3-1)9-10-14-12-17-11-5-4-8-15(17)16-14/h1-8,11-12H,9-10H2. The highest BCUT2D eigenvalue weighted by atomic mass is 15.0. The summed E-state index contributed by atoms with van der Waals surface area (Å²) >= 11 is 0. The summed E-state index contributed by atoms with van der Waals surface area (Å²) in [5.41, 5.74) is 3.54. The van der Waals surface area contributed by atoms with Crippen molar-refractivity contribution in [2.24, 2.45) is 0 Å². The van der Waals surface area contributed by atoms with Crippen LogP contribution in [0.25, 0.3) is 5.65 Å². The minimum atomic E-state index is 0.992. The Kier molecular flexibility index (Phi) is 2.62. The van der Waals surface area contributed by atoms with E-state index in [9.17, 15) is 0 Å². The second kappa shape index (κ2) is 4.42. The maximum Gasteiger partial charge on any atom is 0.136 e. The molecule has 0 radical (unpaired) electrons.